The van der Waals surface area contributed by atoms with Crippen molar-refractivity contribution in [2.24, 2.45) is 0 Å². The van der Waals surface area contributed by atoms with E-state index < -0.39 is 0 Å². The molecule has 136 valence electrons. The summed E-state index contributed by atoms with van der Waals surface area (Å²) in [5, 5.41) is 9.23. The number of aryl methyl sites for hydroxylation is 1. The molecule has 0 aliphatic carbocycles. The molecule has 0 aliphatic rings. The maximum absolute atomic E-state index is 12.1. The van der Waals surface area contributed by atoms with Crippen LogP contribution in [0.2, 0.25) is 5.02 Å². The van der Waals surface area contributed by atoms with Crippen LogP contribution in [0, 0.1) is 6.92 Å². The molecule has 1 amide bonds. The van der Waals surface area contributed by atoms with Crippen molar-refractivity contribution in [3.8, 4) is 16.4 Å². The Morgan fingerprint density at radius 1 is 1.38 bits per heavy atom. The molecule has 2 heterocycles. The van der Waals surface area contributed by atoms with E-state index in [2.05, 4.69) is 10.5 Å². The van der Waals surface area contributed by atoms with Crippen LogP contribution in [-0.4, -0.2) is 24.8 Å². The van der Waals surface area contributed by atoms with E-state index in [1.54, 1.807) is 29.5 Å². The Labute approximate surface area is 159 Å². The van der Waals surface area contributed by atoms with Gasteiger partial charge in [-0.25, -0.2) is 0 Å². The average Bonchev–Trinajstić information content (AvgIpc) is 3.29. The fourth-order valence-corrected chi connectivity index (χ4v) is 3.11. The van der Waals surface area contributed by atoms with Gasteiger partial charge in [-0.3, -0.25) is 4.79 Å². The zero-order chi connectivity index (χ0) is 18.5. The highest BCUT2D eigenvalue weighted by Crippen LogP contribution is 2.31. The molecule has 0 atom stereocenters. The lowest BCUT2D eigenvalue weighted by molar-refractivity contribution is -0.121. The average molecular weight is 393 g/mol. The monoisotopic (exact) mass is 392 g/mol. The number of benzene rings is 1. The van der Waals surface area contributed by atoms with Crippen molar-refractivity contribution < 1.29 is 18.8 Å². The first-order valence-electron chi connectivity index (χ1n) is 7.78. The van der Waals surface area contributed by atoms with Gasteiger partial charge in [0.25, 0.3) is 0 Å². The number of rotatable bonds is 7. The topological polar surface area (TPSA) is 73.6 Å². The van der Waals surface area contributed by atoms with Gasteiger partial charge in [-0.2, -0.15) is 0 Å². The van der Waals surface area contributed by atoms with E-state index >= 15 is 0 Å². The number of anilines is 1. The summed E-state index contributed by atoms with van der Waals surface area (Å²) in [6.45, 7) is 1.91. The molecule has 0 radical (unpaired) electrons. The largest absolute Gasteiger partial charge is 0.495 e. The number of nitrogens with one attached hydrogen (secondary N) is 1. The van der Waals surface area contributed by atoms with Crippen LogP contribution >= 0.6 is 22.9 Å². The van der Waals surface area contributed by atoms with E-state index in [-0.39, 0.29) is 19.1 Å². The van der Waals surface area contributed by atoms with Crippen LogP contribution in [0.25, 0.3) is 10.6 Å². The van der Waals surface area contributed by atoms with E-state index in [0.29, 0.717) is 27.9 Å². The third kappa shape index (κ3) is 4.43. The number of carbonyl (C=O) groups is 1. The molecule has 6 nitrogen and oxygen atoms in total. The number of halogens is 1. The van der Waals surface area contributed by atoms with E-state index in [0.717, 1.165) is 10.4 Å². The molecule has 0 aliphatic heterocycles. The van der Waals surface area contributed by atoms with Gasteiger partial charge in [0.15, 0.2) is 5.76 Å². The number of hydrogen-bond donors (Lipinski definition) is 1. The van der Waals surface area contributed by atoms with E-state index in [9.17, 15) is 4.79 Å². The van der Waals surface area contributed by atoms with Crippen LogP contribution < -0.4 is 10.1 Å². The van der Waals surface area contributed by atoms with Crippen molar-refractivity contribution in [2.45, 2.75) is 13.5 Å². The van der Waals surface area contributed by atoms with Gasteiger partial charge in [0.2, 0.25) is 5.91 Å². The molecule has 26 heavy (non-hydrogen) atoms. The van der Waals surface area contributed by atoms with Crippen molar-refractivity contribution in [3.05, 3.63) is 52.0 Å². The number of carbonyl (C=O) groups excluding carboxylic acids is 1. The van der Waals surface area contributed by atoms with Gasteiger partial charge in [-0.1, -0.05) is 22.8 Å². The Bertz CT molecular complexity index is 893. The van der Waals surface area contributed by atoms with Crippen LogP contribution in [0.15, 0.2) is 40.2 Å². The molecule has 3 aromatic rings. The van der Waals surface area contributed by atoms with E-state index in [1.165, 1.54) is 7.11 Å². The first-order valence-corrected chi connectivity index (χ1v) is 9.04. The van der Waals surface area contributed by atoms with Gasteiger partial charge >= 0.3 is 0 Å². The van der Waals surface area contributed by atoms with Crippen molar-refractivity contribution in [3.63, 3.8) is 0 Å². The summed E-state index contributed by atoms with van der Waals surface area (Å²) in [4.78, 5) is 13.1. The fraction of sp³-hybridized carbons (Fsp3) is 0.222. The molecular weight excluding hydrogens is 376 g/mol. The zero-order valence-corrected chi connectivity index (χ0v) is 15.8. The summed E-state index contributed by atoms with van der Waals surface area (Å²) in [7, 11) is 1.52. The standard InChI is InChI=1S/C18H17ClN2O4S/c1-11-6-14(15(23-2)8-13(11)19)20-18(22)10-24-9-12-7-16(25-21-12)17-4-3-5-26-17/h3-8H,9-10H2,1-2H3,(H,20,22). The number of hydrogen-bond acceptors (Lipinski definition) is 6. The van der Waals surface area contributed by atoms with Crippen LogP contribution in [0.4, 0.5) is 5.69 Å². The van der Waals surface area contributed by atoms with Crippen molar-refractivity contribution in [1.29, 1.82) is 0 Å². The minimum Gasteiger partial charge on any atom is -0.495 e. The smallest absolute Gasteiger partial charge is 0.250 e. The Morgan fingerprint density at radius 2 is 2.23 bits per heavy atom. The Balaban J connectivity index is 1.53. The fourth-order valence-electron chi connectivity index (χ4n) is 2.28. The normalized spacial score (nSPS) is 10.7. The lowest BCUT2D eigenvalue weighted by Gasteiger charge is -2.12. The third-order valence-corrected chi connectivity index (χ3v) is 4.85. The molecule has 0 spiro atoms. The second-order valence-corrected chi connectivity index (χ2v) is 6.86. The lowest BCUT2D eigenvalue weighted by atomic mass is 10.2. The summed E-state index contributed by atoms with van der Waals surface area (Å²) in [6.07, 6.45) is 0. The van der Waals surface area contributed by atoms with Crippen molar-refractivity contribution in [1.82, 2.24) is 5.16 Å². The zero-order valence-electron chi connectivity index (χ0n) is 14.2. The number of aromatic nitrogens is 1. The number of thiophene rings is 1. The summed E-state index contributed by atoms with van der Waals surface area (Å²) in [5.41, 5.74) is 2.01. The highest BCUT2D eigenvalue weighted by Gasteiger charge is 2.12. The summed E-state index contributed by atoms with van der Waals surface area (Å²) in [6, 6.07) is 9.11. The molecule has 0 unspecified atom stereocenters. The second-order valence-electron chi connectivity index (χ2n) is 5.50. The molecule has 0 saturated heterocycles. The number of methoxy groups -OCH3 is 1. The first kappa shape index (κ1) is 18.4. The van der Waals surface area contributed by atoms with Gasteiger partial charge in [0.05, 0.1) is 24.3 Å². The molecule has 0 bridgehead atoms. The summed E-state index contributed by atoms with van der Waals surface area (Å²) >= 11 is 7.62. The van der Waals surface area contributed by atoms with Crippen molar-refractivity contribution in [2.75, 3.05) is 19.0 Å². The van der Waals surface area contributed by atoms with Crippen LogP contribution in [-0.2, 0) is 16.1 Å². The highest BCUT2D eigenvalue weighted by molar-refractivity contribution is 7.13. The molecule has 3 rings (SSSR count). The molecule has 1 N–H and O–H groups in total. The third-order valence-electron chi connectivity index (χ3n) is 3.56. The van der Waals surface area contributed by atoms with Crippen LogP contribution in [0.5, 0.6) is 5.75 Å². The van der Waals surface area contributed by atoms with Crippen molar-refractivity contribution >= 4 is 34.5 Å². The Kier molecular flexibility index (Phi) is 5.92. The summed E-state index contributed by atoms with van der Waals surface area (Å²) < 4.78 is 15.9. The minimum absolute atomic E-state index is 0.119. The van der Waals surface area contributed by atoms with Gasteiger partial charge in [-0.05, 0) is 30.0 Å². The molecular formula is C18H17ClN2O4S. The minimum atomic E-state index is -0.299. The van der Waals surface area contributed by atoms with Gasteiger partial charge < -0.3 is 19.3 Å². The molecule has 1 aromatic carbocycles. The predicted molar refractivity (Wildman–Crippen MR) is 101 cm³/mol. The SMILES string of the molecule is COc1cc(Cl)c(C)cc1NC(=O)COCc1cc(-c2cccs2)on1. The Morgan fingerprint density at radius 3 is 2.96 bits per heavy atom. The maximum atomic E-state index is 12.1. The highest BCUT2D eigenvalue weighted by atomic mass is 35.5. The number of ether oxygens (including phenoxy) is 2. The molecule has 8 heteroatoms. The van der Waals surface area contributed by atoms with E-state index in [4.69, 9.17) is 25.6 Å². The molecule has 2 aromatic heterocycles. The quantitative estimate of drug-likeness (QED) is 0.639. The van der Waals surface area contributed by atoms with Crippen LogP contribution in [0.3, 0.4) is 0 Å². The lowest BCUT2D eigenvalue weighted by Crippen LogP contribution is -2.18. The van der Waals surface area contributed by atoms with E-state index in [1.807, 2.05) is 24.4 Å². The first-order chi connectivity index (χ1) is 12.6. The number of amides is 1. The molecule has 0 saturated carbocycles. The maximum Gasteiger partial charge on any atom is 0.250 e. The Hall–Kier alpha value is -2.35. The second kappa shape index (κ2) is 8.35. The van der Waals surface area contributed by atoms with Gasteiger partial charge in [0, 0.05) is 17.2 Å². The predicted octanol–water partition coefficient (Wildman–Crippen LogP) is 4.53. The molecule has 0 fully saturated rings. The van der Waals surface area contributed by atoms with Crippen LogP contribution in [0.1, 0.15) is 11.3 Å². The number of nitrogens with zero attached hydrogens (tertiary/aromatic N) is 1. The van der Waals surface area contributed by atoms with Gasteiger partial charge in [0.1, 0.15) is 18.1 Å². The summed E-state index contributed by atoms with van der Waals surface area (Å²) in [5.74, 6) is 0.877. The van der Waals surface area contributed by atoms with Gasteiger partial charge in [-0.15, -0.1) is 11.3 Å².